The predicted octanol–water partition coefficient (Wildman–Crippen LogP) is 4.39. The maximum Gasteiger partial charge on any atom is 0.223 e. The van der Waals surface area contributed by atoms with Gasteiger partial charge in [-0.1, -0.05) is 6.07 Å². The van der Waals surface area contributed by atoms with Crippen molar-refractivity contribution >= 4 is 22.4 Å². The molecular weight excluding hydrogens is 466 g/mol. The van der Waals surface area contributed by atoms with Crippen molar-refractivity contribution in [3.63, 3.8) is 0 Å². The van der Waals surface area contributed by atoms with Gasteiger partial charge >= 0.3 is 0 Å². The highest BCUT2D eigenvalue weighted by atomic mass is 16.5. The Kier molecular flexibility index (Phi) is 7.56. The first-order valence-electron chi connectivity index (χ1n) is 12.5. The first kappa shape index (κ1) is 24.6. The fourth-order valence-corrected chi connectivity index (χ4v) is 4.69. The molecule has 1 fully saturated rings. The van der Waals surface area contributed by atoms with Gasteiger partial charge in [0.15, 0.2) is 0 Å². The second-order valence-electron chi connectivity index (χ2n) is 8.98. The minimum Gasteiger partial charge on any atom is -0.497 e. The van der Waals surface area contributed by atoms with Gasteiger partial charge in [0.1, 0.15) is 17.2 Å². The third-order valence-corrected chi connectivity index (χ3v) is 6.66. The van der Waals surface area contributed by atoms with Crippen molar-refractivity contribution < 1.29 is 14.2 Å². The number of nitrogens with one attached hydrogen (secondary N) is 2. The number of methoxy groups -OCH3 is 3. The van der Waals surface area contributed by atoms with Crippen molar-refractivity contribution in [2.75, 3.05) is 64.3 Å². The summed E-state index contributed by atoms with van der Waals surface area (Å²) in [5, 5.41) is 9.16. The van der Waals surface area contributed by atoms with Gasteiger partial charge < -0.3 is 29.7 Å². The van der Waals surface area contributed by atoms with Crippen molar-refractivity contribution in [3.8, 4) is 28.5 Å². The van der Waals surface area contributed by atoms with Crippen LogP contribution in [0.5, 0.6) is 17.2 Å². The zero-order valence-corrected chi connectivity index (χ0v) is 21.6. The fraction of sp³-hybridized carbons (Fsp3) is 0.310. The maximum atomic E-state index is 5.52. The van der Waals surface area contributed by atoms with Crippen LogP contribution in [0.4, 0.5) is 11.6 Å². The van der Waals surface area contributed by atoms with Crippen LogP contribution in [0.25, 0.3) is 22.0 Å². The lowest BCUT2D eigenvalue weighted by Gasteiger charge is -2.31. The van der Waals surface area contributed by atoms with Crippen molar-refractivity contribution in [3.05, 3.63) is 66.4 Å². The normalized spacial score (nSPS) is 13.4. The van der Waals surface area contributed by atoms with Crippen LogP contribution in [0.1, 0.15) is 5.56 Å². The highest BCUT2D eigenvalue weighted by Crippen LogP contribution is 2.35. The Morgan fingerprint density at radius 2 is 1.62 bits per heavy atom. The molecule has 0 spiro atoms. The molecule has 1 aromatic heterocycles. The van der Waals surface area contributed by atoms with Crippen LogP contribution in [0.15, 0.2) is 60.8 Å². The average Bonchev–Trinajstić information content (AvgIpc) is 2.96. The van der Waals surface area contributed by atoms with Crippen molar-refractivity contribution in [2.24, 2.45) is 0 Å². The van der Waals surface area contributed by atoms with Crippen LogP contribution in [-0.4, -0.2) is 64.0 Å². The van der Waals surface area contributed by atoms with E-state index in [9.17, 15) is 0 Å². The Hall–Kier alpha value is -4.04. The Labute approximate surface area is 217 Å². The van der Waals surface area contributed by atoms with E-state index >= 15 is 0 Å². The third-order valence-electron chi connectivity index (χ3n) is 6.66. The summed E-state index contributed by atoms with van der Waals surface area (Å²) in [5.74, 6) is 3.02. The molecule has 8 heteroatoms. The molecule has 0 saturated carbocycles. The molecule has 3 aromatic carbocycles. The van der Waals surface area contributed by atoms with Crippen LogP contribution < -0.4 is 29.7 Å². The highest BCUT2D eigenvalue weighted by molar-refractivity contribution is 5.98. The smallest absolute Gasteiger partial charge is 0.223 e. The summed E-state index contributed by atoms with van der Waals surface area (Å²) in [4.78, 5) is 11.7. The molecule has 4 aromatic rings. The van der Waals surface area contributed by atoms with E-state index in [0.717, 1.165) is 72.1 Å². The topological polar surface area (TPSA) is 80.8 Å². The molecule has 1 aliphatic rings. The second-order valence-corrected chi connectivity index (χ2v) is 8.98. The summed E-state index contributed by atoms with van der Waals surface area (Å²) in [7, 11) is 5.03. The molecule has 2 heterocycles. The van der Waals surface area contributed by atoms with E-state index < -0.39 is 0 Å². The van der Waals surface area contributed by atoms with Gasteiger partial charge in [0.25, 0.3) is 0 Å². The summed E-state index contributed by atoms with van der Waals surface area (Å²) < 4.78 is 16.3. The van der Waals surface area contributed by atoms with Crippen LogP contribution in [0, 0.1) is 0 Å². The molecule has 8 nitrogen and oxygen atoms in total. The molecule has 1 aliphatic heterocycles. The van der Waals surface area contributed by atoms with Crippen molar-refractivity contribution in [2.45, 2.75) is 6.42 Å². The van der Waals surface area contributed by atoms with E-state index in [2.05, 4.69) is 44.8 Å². The number of ether oxygens (including phenoxy) is 3. The summed E-state index contributed by atoms with van der Waals surface area (Å²) in [5.41, 5.74) is 4.27. The van der Waals surface area contributed by atoms with Crippen LogP contribution in [0.3, 0.4) is 0 Å². The van der Waals surface area contributed by atoms with E-state index in [1.807, 2.05) is 36.5 Å². The van der Waals surface area contributed by atoms with Gasteiger partial charge in [-0.25, -0.2) is 9.97 Å². The molecule has 2 N–H and O–H groups in total. The lowest BCUT2D eigenvalue weighted by molar-refractivity contribution is 0.393. The van der Waals surface area contributed by atoms with E-state index in [1.54, 1.807) is 21.3 Å². The van der Waals surface area contributed by atoms with Crippen LogP contribution in [-0.2, 0) is 6.42 Å². The number of hydrogen-bond acceptors (Lipinski definition) is 8. The third kappa shape index (κ3) is 5.70. The maximum absolute atomic E-state index is 5.52. The summed E-state index contributed by atoms with van der Waals surface area (Å²) in [6, 6.07) is 18.5. The van der Waals surface area contributed by atoms with Gasteiger partial charge in [0, 0.05) is 61.6 Å². The predicted molar refractivity (Wildman–Crippen MR) is 148 cm³/mol. The molecule has 0 radical (unpaired) electrons. The van der Waals surface area contributed by atoms with Crippen LogP contribution >= 0.6 is 0 Å². The quantitative estimate of drug-likeness (QED) is 0.351. The number of anilines is 2. The minimum atomic E-state index is 0.603. The van der Waals surface area contributed by atoms with E-state index in [4.69, 9.17) is 19.2 Å². The van der Waals surface area contributed by atoms with E-state index in [-0.39, 0.29) is 0 Å². The molecule has 192 valence electrons. The first-order chi connectivity index (χ1) is 18.2. The van der Waals surface area contributed by atoms with Gasteiger partial charge in [-0.3, -0.25) is 0 Å². The number of fused-ring (bicyclic) bond motifs is 1. The highest BCUT2D eigenvalue weighted by Gasteiger charge is 2.16. The Morgan fingerprint density at radius 3 is 2.35 bits per heavy atom. The summed E-state index contributed by atoms with van der Waals surface area (Å²) in [6.45, 7) is 4.54. The fourth-order valence-electron chi connectivity index (χ4n) is 4.69. The number of piperazine rings is 1. The number of nitrogens with zero attached hydrogens (tertiary/aromatic N) is 3. The molecular formula is C29H33N5O3. The van der Waals surface area contributed by atoms with Crippen molar-refractivity contribution in [1.29, 1.82) is 0 Å². The molecule has 0 unspecified atom stereocenters. The SMILES string of the molecule is COc1cc(CCNc2nccc(-c3cc(N4CCNCC4)c4cc(OC)ccc4c3)n2)cc(OC)c1. The molecule has 5 rings (SSSR count). The number of aromatic nitrogens is 2. The Bertz CT molecular complexity index is 1350. The molecule has 0 atom stereocenters. The monoisotopic (exact) mass is 499 g/mol. The second kappa shape index (κ2) is 11.3. The Morgan fingerprint density at radius 1 is 0.865 bits per heavy atom. The lowest BCUT2D eigenvalue weighted by Crippen LogP contribution is -2.43. The molecule has 0 amide bonds. The van der Waals surface area contributed by atoms with Gasteiger partial charge in [0.2, 0.25) is 5.95 Å². The summed E-state index contributed by atoms with van der Waals surface area (Å²) in [6.07, 6.45) is 2.59. The van der Waals surface area contributed by atoms with E-state index in [0.29, 0.717) is 12.5 Å². The summed E-state index contributed by atoms with van der Waals surface area (Å²) >= 11 is 0. The minimum absolute atomic E-state index is 0.603. The number of rotatable bonds is 9. The first-order valence-corrected chi connectivity index (χ1v) is 12.5. The molecule has 1 saturated heterocycles. The lowest BCUT2D eigenvalue weighted by atomic mass is 10.0. The van der Waals surface area contributed by atoms with Gasteiger partial charge in [-0.15, -0.1) is 0 Å². The zero-order valence-electron chi connectivity index (χ0n) is 21.6. The van der Waals surface area contributed by atoms with Gasteiger partial charge in [0.05, 0.1) is 27.0 Å². The van der Waals surface area contributed by atoms with Crippen molar-refractivity contribution in [1.82, 2.24) is 15.3 Å². The number of benzene rings is 3. The van der Waals surface area contributed by atoms with Crippen LogP contribution in [0.2, 0.25) is 0 Å². The average molecular weight is 500 g/mol. The molecule has 0 bridgehead atoms. The van der Waals surface area contributed by atoms with Gasteiger partial charge in [-0.05, 0) is 59.8 Å². The standard InChI is InChI=1S/C29H33N5O3/c1-35-23-5-4-21-16-22(17-28(26(21)19-23)34-12-10-30-11-13-34)27-7-9-32-29(33-27)31-8-6-20-14-24(36-2)18-25(15-20)37-3/h4-5,7,9,14-19,30H,6,8,10-13H2,1-3H3,(H,31,32,33). The molecule has 37 heavy (non-hydrogen) atoms. The largest absolute Gasteiger partial charge is 0.497 e. The van der Waals surface area contributed by atoms with E-state index in [1.165, 1.54) is 11.1 Å². The van der Waals surface area contributed by atoms with Gasteiger partial charge in [-0.2, -0.15) is 0 Å². The molecule has 0 aliphatic carbocycles. The zero-order chi connectivity index (χ0) is 25.6. The Balaban J connectivity index is 1.39. The number of hydrogen-bond donors (Lipinski definition) is 2.